The molecule has 0 fully saturated rings. The molecular weight excluding hydrogens is 1500 g/mol. The Hall–Kier alpha value is -8.31. The van der Waals surface area contributed by atoms with Crippen LogP contribution in [0, 0.1) is 6.92 Å². The Morgan fingerprint density at radius 3 is 1.02 bits per heavy atom. The third-order valence-electron chi connectivity index (χ3n) is 15.9. The Morgan fingerprint density at radius 2 is 0.724 bits per heavy atom. The molecule has 1 unspecified atom stereocenters. The maximum Gasteiger partial charge on any atom is 0.416 e. The number of carbonyl (C=O) groups excluding carboxylic acids is 4. The average molecular weight is 1590 g/mol. The van der Waals surface area contributed by atoms with E-state index in [1.807, 2.05) is 90.0 Å². The summed E-state index contributed by atoms with van der Waals surface area (Å²) < 4.78 is 188. The number of nitrogens with one attached hydrogen (secondary N) is 4. The van der Waals surface area contributed by atoms with E-state index < -0.39 is 106 Å². The number of aromatic nitrogens is 4. The number of aryl methyl sites for hydroxylation is 1. The number of thiazole rings is 1. The van der Waals surface area contributed by atoms with Crippen molar-refractivity contribution in [2.75, 3.05) is 21.3 Å². The van der Waals surface area contributed by atoms with Crippen LogP contribution >= 0.6 is 22.9 Å². The van der Waals surface area contributed by atoms with Crippen molar-refractivity contribution in [3.63, 3.8) is 0 Å². The van der Waals surface area contributed by atoms with Crippen LogP contribution in [0.25, 0.3) is 0 Å². The Kier molecular flexibility index (Phi) is 26.3. The van der Waals surface area contributed by atoms with Crippen LogP contribution in [0.1, 0.15) is 171 Å². The molecule has 574 valence electrons. The van der Waals surface area contributed by atoms with Crippen molar-refractivity contribution < 1.29 is 92.8 Å². The van der Waals surface area contributed by atoms with E-state index in [2.05, 4.69) is 41.7 Å². The smallest absolute Gasteiger partial charge is 0.359 e. The standard InChI is InChI=1S/C18H21F3N2O3S2.C18H24N2O4S.C17H21ClN2O4S.C17H19F3N2O4S/c1-16(2,3)13-10-27-15(22-13)23-14(24)17(4,5)28(25,26)12-8-6-11(7-9-12)18(19,20)21;1-12-7-9-13(10-8-12)25(22,23)18(5,6)16(21)19-15-11-14(24-20-15)17(2,3)4;1-16(2,3)13-10-14(20-24-13)19-15(21)17(4,5)25(22,23)12-8-6-11(18)7-9-12;1-10(15(23)21-14-9-13(26-22-14)16(2,3)4)27(24,25)12-7-5-11(6-8-12)17(18,19)20/h6-10H,1-5H3,(H,22,23,24);7-11H,1-6H3,(H,19,20,21);6-10H,1-5H3,(H,19,20,21);5-10H,1-4H3,(H,21,22,23). The summed E-state index contributed by atoms with van der Waals surface area (Å²) in [6, 6.07) is 22.8. The number of hydrogen-bond donors (Lipinski definition) is 4. The average Bonchev–Trinajstić information content (AvgIpc) is 1.35. The molecule has 35 heteroatoms. The lowest BCUT2D eigenvalue weighted by atomic mass is 9.93. The first-order valence-electron chi connectivity index (χ1n) is 31.8. The number of anilines is 4. The lowest BCUT2D eigenvalue weighted by Gasteiger charge is -2.23. The van der Waals surface area contributed by atoms with Crippen LogP contribution in [-0.2, 0) is 92.5 Å². The third kappa shape index (κ3) is 21.3. The van der Waals surface area contributed by atoms with Gasteiger partial charge in [0.05, 0.1) is 36.4 Å². The molecule has 23 nitrogen and oxygen atoms in total. The molecule has 0 spiro atoms. The summed E-state index contributed by atoms with van der Waals surface area (Å²) in [5, 5.41) is 22.0. The molecule has 0 bridgehead atoms. The zero-order valence-corrected chi connectivity index (χ0v) is 66.1. The molecule has 8 aromatic rings. The minimum atomic E-state index is -4.58. The van der Waals surface area contributed by atoms with Gasteiger partial charge in [0.1, 0.15) is 36.8 Å². The minimum absolute atomic E-state index is 0.0209. The molecule has 1 atom stereocenters. The molecule has 0 aliphatic rings. The molecule has 4 aromatic heterocycles. The molecule has 4 heterocycles. The van der Waals surface area contributed by atoms with Crippen molar-refractivity contribution in [1.82, 2.24) is 20.5 Å². The highest BCUT2D eigenvalue weighted by molar-refractivity contribution is 7.94. The van der Waals surface area contributed by atoms with Gasteiger partial charge in [0.2, 0.25) is 23.6 Å². The van der Waals surface area contributed by atoms with Gasteiger partial charge in [-0.1, -0.05) is 128 Å². The molecule has 4 aromatic carbocycles. The van der Waals surface area contributed by atoms with Gasteiger partial charge in [0.25, 0.3) is 0 Å². The van der Waals surface area contributed by atoms with E-state index in [4.69, 9.17) is 25.2 Å². The number of halogens is 7. The van der Waals surface area contributed by atoms with E-state index in [-0.39, 0.29) is 63.8 Å². The van der Waals surface area contributed by atoms with Gasteiger partial charge in [-0.25, -0.2) is 38.7 Å². The summed E-state index contributed by atoms with van der Waals surface area (Å²) >= 11 is 6.96. The van der Waals surface area contributed by atoms with Crippen molar-refractivity contribution in [3.05, 3.63) is 165 Å². The number of alkyl halides is 6. The zero-order valence-electron chi connectivity index (χ0n) is 61.2. The monoisotopic (exact) mass is 1590 g/mol. The molecule has 0 radical (unpaired) electrons. The second-order valence-electron chi connectivity index (χ2n) is 29.7. The van der Waals surface area contributed by atoms with Gasteiger partial charge in [0.15, 0.2) is 61.9 Å². The summed E-state index contributed by atoms with van der Waals surface area (Å²) in [7, 11) is -16.2. The summed E-state index contributed by atoms with van der Waals surface area (Å²) in [6.45, 7) is 34.0. The van der Waals surface area contributed by atoms with E-state index in [0.29, 0.717) is 46.6 Å². The zero-order chi connectivity index (χ0) is 80.3. The van der Waals surface area contributed by atoms with E-state index in [0.717, 1.165) is 42.4 Å². The first-order chi connectivity index (χ1) is 47.5. The second kappa shape index (κ2) is 31.6. The first-order valence-corrected chi connectivity index (χ1v) is 39.0. The lowest BCUT2D eigenvalue weighted by Crippen LogP contribution is -2.44. The fourth-order valence-corrected chi connectivity index (χ4v) is 14.8. The maximum atomic E-state index is 12.9. The first kappa shape index (κ1) is 87.3. The van der Waals surface area contributed by atoms with Gasteiger partial charge in [-0.2, -0.15) is 26.3 Å². The second-order valence-corrected chi connectivity index (χ2v) is 40.7. The molecular formula is C70H85ClF6N8O15S5. The van der Waals surface area contributed by atoms with Gasteiger partial charge in [-0.05, 0) is 140 Å². The van der Waals surface area contributed by atoms with Crippen LogP contribution in [-0.4, -0.2) is 97.2 Å². The molecule has 0 saturated heterocycles. The SMILES string of the molecule is CC(C(=O)Nc1cc(C(C)(C)C)on1)S(=O)(=O)c1ccc(C(F)(F)F)cc1.CC(C)(C)c1cc(NC(=O)C(C)(C)S(=O)(=O)c2ccc(Cl)cc2)no1.CC(C)(C)c1csc(NC(=O)C(C)(C)S(=O)(=O)c2ccc(C(F)(F)F)cc2)n1.Cc1ccc(S(=O)(=O)C(C)(C)C(=O)Nc2cc(C(C)(C)C)on2)cc1. The summed E-state index contributed by atoms with van der Waals surface area (Å²) in [5.74, 6) is -0.945. The quantitative estimate of drug-likeness (QED) is 0.0653. The van der Waals surface area contributed by atoms with Crippen LogP contribution in [0.4, 0.5) is 48.9 Å². The Morgan fingerprint density at radius 1 is 0.429 bits per heavy atom. The van der Waals surface area contributed by atoms with Crippen molar-refractivity contribution in [2.24, 2.45) is 0 Å². The Labute approximate surface area is 616 Å². The lowest BCUT2D eigenvalue weighted by molar-refractivity contribution is -0.138. The van der Waals surface area contributed by atoms with Gasteiger partial charge < -0.3 is 34.8 Å². The van der Waals surface area contributed by atoms with Crippen LogP contribution in [0.15, 0.2) is 154 Å². The number of sulfone groups is 4. The highest BCUT2D eigenvalue weighted by Gasteiger charge is 2.47. The predicted octanol–water partition coefficient (Wildman–Crippen LogP) is 15.7. The van der Waals surface area contributed by atoms with Crippen molar-refractivity contribution in [1.29, 1.82) is 0 Å². The number of amides is 4. The van der Waals surface area contributed by atoms with E-state index >= 15 is 0 Å². The highest BCUT2D eigenvalue weighted by atomic mass is 35.5. The number of carbonyl (C=O) groups is 4. The van der Waals surface area contributed by atoms with Gasteiger partial charge >= 0.3 is 12.4 Å². The number of nitrogens with zero attached hydrogens (tertiary/aromatic N) is 4. The predicted molar refractivity (Wildman–Crippen MR) is 387 cm³/mol. The fraction of sp³-hybridized carbons (Fsp3) is 0.429. The molecule has 0 aliphatic carbocycles. The number of rotatable bonds is 16. The van der Waals surface area contributed by atoms with E-state index in [9.17, 15) is 79.2 Å². The van der Waals surface area contributed by atoms with E-state index in [1.165, 1.54) is 95.3 Å². The summed E-state index contributed by atoms with van der Waals surface area (Å²) in [4.78, 5) is 53.8. The Bertz CT molecular complexity index is 4740. The molecule has 4 amide bonds. The van der Waals surface area contributed by atoms with Gasteiger partial charge in [-0.3, -0.25) is 19.2 Å². The molecule has 8 rings (SSSR count). The van der Waals surface area contributed by atoms with Crippen molar-refractivity contribution >= 4 is 109 Å². The maximum absolute atomic E-state index is 12.9. The number of benzene rings is 4. The molecule has 4 N–H and O–H groups in total. The summed E-state index contributed by atoms with van der Waals surface area (Å²) in [6.07, 6.45) is -9.16. The molecule has 0 aliphatic heterocycles. The molecule has 0 saturated carbocycles. The van der Waals surface area contributed by atoms with Gasteiger partial charge in [0, 0.05) is 50.3 Å². The third-order valence-corrected chi connectivity index (χ3v) is 26.3. The topological polar surface area (TPSA) is 344 Å². The van der Waals surface area contributed by atoms with Crippen LogP contribution in [0.3, 0.4) is 0 Å². The van der Waals surface area contributed by atoms with Crippen molar-refractivity contribution in [2.45, 2.75) is 212 Å². The van der Waals surface area contributed by atoms with Gasteiger partial charge in [-0.15, -0.1) is 11.3 Å². The van der Waals surface area contributed by atoms with E-state index in [1.54, 1.807) is 29.6 Å². The summed E-state index contributed by atoms with van der Waals surface area (Å²) in [5.41, 5.74) is -1.38. The molecule has 105 heavy (non-hydrogen) atoms. The largest absolute Gasteiger partial charge is 0.416 e. The minimum Gasteiger partial charge on any atom is -0.359 e. The number of hydrogen-bond acceptors (Lipinski definition) is 20. The highest BCUT2D eigenvalue weighted by Crippen LogP contribution is 2.37. The Balaban J connectivity index is 0.000000252. The van der Waals surface area contributed by atoms with Crippen LogP contribution < -0.4 is 21.3 Å². The van der Waals surface area contributed by atoms with Crippen molar-refractivity contribution in [3.8, 4) is 0 Å². The van der Waals surface area contributed by atoms with Crippen LogP contribution in [0.2, 0.25) is 5.02 Å². The normalized spacial score (nSPS) is 13.3. The van der Waals surface area contributed by atoms with Crippen LogP contribution in [0.5, 0.6) is 0 Å². The fourth-order valence-electron chi connectivity index (χ4n) is 8.33.